The monoisotopic (exact) mass is 299 g/mol. The summed E-state index contributed by atoms with van der Waals surface area (Å²) >= 11 is 1.62. The van der Waals surface area contributed by atoms with Gasteiger partial charge in [0.15, 0.2) is 0 Å². The second kappa shape index (κ2) is 7.89. The second-order valence-electron chi connectivity index (χ2n) is 5.09. The molecule has 1 amide bonds. The molecule has 0 aliphatic carbocycles. The largest absolute Gasteiger partial charge is 0.340 e. The van der Waals surface area contributed by atoms with E-state index in [1.54, 1.807) is 11.8 Å². The molecule has 2 nitrogen and oxygen atoms in total. The lowest BCUT2D eigenvalue weighted by Gasteiger charge is -2.23. The van der Waals surface area contributed by atoms with Gasteiger partial charge in [-0.3, -0.25) is 4.79 Å². The molecular weight excluding hydrogens is 278 g/mol. The summed E-state index contributed by atoms with van der Waals surface area (Å²) in [6.07, 6.45) is 2.78. The molecule has 0 saturated heterocycles. The maximum Gasteiger partial charge on any atom is 0.236 e. The quantitative estimate of drug-likeness (QED) is 0.812. The van der Waals surface area contributed by atoms with Crippen molar-refractivity contribution in [3.8, 4) is 0 Å². The number of rotatable bonds is 6. The average molecular weight is 299 g/mol. The molecular formula is C18H21NOS. The first kappa shape index (κ1) is 15.6. The van der Waals surface area contributed by atoms with E-state index in [1.165, 1.54) is 5.56 Å². The SMILES string of the molecule is CSC(Cc1ccccc1)C(=O)N(C)Cc1ccccc1. The first-order chi connectivity index (χ1) is 10.2. The van der Waals surface area contributed by atoms with Crippen molar-refractivity contribution in [1.29, 1.82) is 0 Å². The first-order valence-corrected chi connectivity index (χ1v) is 8.35. The number of thioether (sulfide) groups is 1. The third-order valence-corrected chi connectivity index (χ3v) is 4.40. The molecule has 0 saturated carbocycles. The Morgan fingerprint density at radius 2 is 1.52 bits per heavy atom. The van der Waals surface area contributed by atoms with Gasteiger partial charge in [0.1, 0.15) is 0 Å². The highest BCUT2D eigenvalue weighted by Crippen LogP contribution is 2.17. The van der Waals surface area contributed by atoms with Gasteiger partial charge in [-0.1, -0.05) is 60.7 Å². The molecule has 0 heterocycles. The van der Waals surface area contributed by atoms with E-state index in [1.807, 2.05) is 54.6 Å². The Hall–Kier alpha value is -1.74. The van der Waals surface area contributed by atoms with Crippen LogP contribution in [0.2, 0.25) is 0 Å². The van der Waals surface area contributed by atoms with E-state index in [4.69, 9.17) is 0 Å². The van der Waals surface area contributed by atoms with Crippen LogP contribution in [0.15, 0.2) is 60.7 Å². The number of carbonyl (C=O) groups is 1. The second-order valence-corrected chi connectivity index (χ2v) is 6.13. The van der Waals surface area contributed by atoms with Gasteiger partial charge >= 0.3 is 0 Å². The molecule has 1 unspecified atom stereocenters. The molecule has 0 N–H and O–H groups in total. The predicted molar refractivity (Wildman–Crippen MR) is 90.4 cm³/mol. The average Bonchev–Trinajstić information content (AvgIpc) is 2.54. The van der Waals surface area contributed by atoms with Gasteiger partial charge in [0.2, 0.25) is 5.91 Å². The number of amides is 1. The summed E-state index contributed by atoms with van der Waals surface area (Å²) in [5.74, 6) is 0.190. The van der Waals surface area contributed by atoms with Crippen LogP contribution < -0.4 is 0 Å². The molecule has 110 valence electrons. The fraction of sp³-hybridized carbons (Fsp3) is 0.278. The van der Waals surface area contributed by atoms with Crippen molar-refractivity contribution in [3.63, 3.8) is 0 Å². The molecule has 3 heteroatoms. The molecule has 2 aromatic rings. The van der Waals surface area contributed by atoms with Gasteiger partial charge in [-0.15, -0.1) is 0 Å². The Morgan fingerprint density at radius 1 is 1.00 bits per heavy atom. The van der Waals surface area contributed by atoms with Crippen molar-refractivity contribution < 1.29 is 4.79 Å². The molecule has 0 aliphatic heterocycles. The lowest BCUT2D eigenvalue weighted by molar-refractivity contribution is -0.129. The van der Waals surface area contributed by atoms with Gasteiger partial charge in [-0.05, 0) is 23.8 Å². The Labute approximate surface area is 131 Å². The molecule has 0 spiro atoms. The molecule has 0 bridgehead atoms. The summed E-state index contributed by atoms with van der Waals surface area (Å²) in [6.45, 7) is 0.658. The Kier molecular flexibility index (Phi) is 5.88. The van der Waals surface area contributed by atoms with Gasteiger partial charge in [-0.2, -0.15) is 11.8 Å². The molecule has 21 heavy (non-hydrogen) atoms. The van der Waals surface area contributed by atoms with E-state index in [0.717, 1.165) is 12.0 Å². The maximum atomic E-state index is 12.6. The van der Waals surface area contributed by atoms with Crippen LogP contribution in [0.4, 0.5) is 0 Å². The van der Waals surface area contributed by atoms with E-state index in [9.17, 15) is 4.79 Å². The number of hydrogen-bond acceptors (Lipinski definition) is 2. The highest BCUT2D eigenvalue weighted by atomic mass is 32.2. The summed E-state index contributed by atoms with van der Waals surface area (Å²) in [6, 6.07) is 20.3. The van der Waals surface area contributed by atoms with Crippen LogP contribution in [0.5, 0.6) is 0 Å². The Bertz CT molecular complexity index is 556. The van der Waals surface area contributed by atoms with Crippen molar-refractivity contribution in [2.75, 3.05) is 13.3 Å². The molecule has 1 atom stereocenters. The zero-order valence-corrected chi connectivity index (χ0v) is 13.3. The normalized spacial score (nSPS) is 11.9. The van der Waals surface area contributed by atoms with E-state index >= 15 is 0 Å². The van der Waals surface area contributed by atoms with Crippen LogP contribution in [0, 0.1) is 0 Å². The van der Waals surface area contributed by atoms with Gasteiger partial charge in [0, 0.05) is 13.6 Å². The molecule has 0 radical (unpaired) electrons. The summed E-state index contributed by atoms with van der Waals surface area (Å²) in [5, 5.41) is -0.0267. The van der Waals surface area contributed by atoms with Crippen LogP contribution in [0.1, 0.15) is 11.1 Å². The summed E-state index contributed by atoms with van der Waals surface area (Å²) in [5.41, 5.74) is 2.37. The topological polar surface area (TPSA) is 20.3 Å². The lowest BCUT2D eigenvalue weighted by atomic mass is 10.1. The van der Waals surface area contributed by atoms with Crippen LogP contribution in [-0.2, 0) is 17.8 Å². The number of carbonyl (C=O) groups excluding carboxylic acids is 1. The van der Waals surface area contributed by atoms with E-state index in [0.29, 0.717) is 6.54 Å². The smallest absolute Gasteiger partial charge is 0.236 e. The first-order valence-electron chi connectivity index (χ1n) is 7.06. The molecule has 0 fully saturated rings. The van der Waals surface area contributed by atoms with Crippen molar-refractivity contribution in [2.24, 2.45) is 0 Å². The zero-order chi connectivity index (χ0) is 15.1. The van der Waals surface area contributed by atoms with Crippen LogP contribution in [-0.4, -0.2) is 29.4 Å². The van der Waals surface area contributed by atoms with Crippen LogP contribution >= 0.6 is 11.8 Å². The van der Waals surface area contributed by atoms with Crippen LogP contribution in [0.3, 0.4) is 0 Å². The molecule has 0 aliphatic rings. The fourth-order valence-corrected chi connectivity index (χ4v) is 3.02. The summed E-state index contributed by atoms with van der Waals surface area (Å²) in [4.78, 5) is 14.4. The number of nitrogens with zero attached hydrogens (tertiary/aromatic N) is 1. The number of benzene rings is 2. The zero-order valence-electron chi connectivity index (χ0n) is 12.5. The van der Waals surface area contributed by atoms with Gasteiger partial charge in [-0.25, -0.2) is 0 Å². The number of hydrogen-bond donors (Lipinski definition) is 0. The van der Waals surface area contributed by atoms with Crippen molar-refractivity contribution >= 4 is 17.7 Å². The highest BCUT2D eigenvalue weighted by molar-refractivity contribution is 7.99. The molecule has 2 aromatic carbocycles. The minimum Gasteiger partial charge on any atom is -0.340 e. The van der Waals surface area contributed by atoms with E-state index in [2.05, 4.69) is 24.3 Å². The minimum absolute atomic E-state index is 0.0267. The third kappa shape index (κ3) is 4.64. The van der Waals surface area contributed by atoms with Gasteiger partial charge in [0.05, 0.1) is 5.25 Å². The maximum absolute atomic E-state index is 12.6. The van der Waals surface area contributed by atoms with Crippen molar-refractivity contribution in [2.45, 2.75) is 18.2 Å². The van der Waals surface area contributed by atoms with Gasteiger partial charge < -0.3 is 4.90 Å². The van der Waals surface area contributed by atoms with Crippen molar-refractivity contribution in [1.82, 2.24) is 4.90 Å². The fourth-order valence-electron chi connectivity index (χ4n) is 2.28. The molecule has 2 rings (SSSR count). The van der Waals surface area contributed by atoms with Crippen molar-refractivity contribution in [3.05, 3.63) is 71.8 Å². The third-order valence-electron chi connectivity index (χ3n) is 3.46. The summed E-state index contributed by atoms with van der Waals surface area (Å²) in [7, 11) is 1.88. The Morgan fingerprint density at radius 3 is 2.05 bits per heavy atom. The van der Waals surface area contributed by atoms with E-state index in [-0.39, 0.29) is 11.2 Å². The van der Waals surface area contributed by atoms with Gasteiger partial charge in [0.25, 0.3) is 0 Å². The van der Waals surface area contributed by atoms with Crippen LogP contribution in [0.25, 0.3) is 0 Å². The predicted octanol–water partition coefficient (Wildman–Crippen LogP) is 3.62. The standard InChI is InChI=1S/C18H21NOS/c1-19(14-16-11-7-4-8-12-16)18(20)17(21-2)13-15-9-5-3-6-10-15/h3-12,17H,13-14H2,1-2H3. The lowest BCUT2D eigenvalue weighted by Crippen LogP contribution is -2.35. The Balaban J connectivity index is 1.99. The van der Waals surface area contributed by atoms with E-state index < -0.39 is 0 Å². The summed E-state index contributed by atoms with van der Waals surface area (Å²) < 4.78 is 0. The molecule has 0 aromatic heterocycles. The highest BCUT2D eigenvalue weighted by Gasteiger charge is 2.21. The minimum atomic E-state index is -0.0267.